The van der Waals surface area contributed by atoms with Gasteiger partial charge in [0.1, 0.15) is 11.5 Å². The average Bonchev–Trinajstić information content (AvgIpc) is 2.63. The standard InChI is InChI=1S/C19H30N2O4/c1-4-7-8-19(22)20-15-13-18(25-6-3)16(14-17(15)24-5-2)21-9-11-23-12-10-21/h13-14H,4-12H2,1-3H3,(H,20,22). The summed E-state index contributed by atoms with van der Waals surface area (Å²) in [5.74, 6) is 1.44. The van der Waals surface area contributed by atoms with Crippen molar-refractivity contribution in [2.24, 2.45) is 0 Å². The van der Waals surface area contributed by atoms with Gasteiger partial charge in [-0.2, -0.15) is 0 Å². The highest BCUT2D eigenvalue weighted by Crippen LogP contribution is 2.39. The van der Waals surface area contributed by atoms with Gasteiger partial charge in [-0.3, -0.25) is 4.79 Å². The van der Waals surface area contributed by atoms with Crippen LogP contribution in [-0.2, 0) is 9.53 Å². The Morgan fingerprint density at radius 1 is 1.12 bits per heavy atom. The van der Waals surface area contributed by atoms with E-state index < -0.39 is 0 Å². The maximum Gasteiger partial charge on any atom is 0.224 e. The van der Waals surface area contributed by atoms with E-state index in [9.17, 15) is 4.79 Å². The van der Waals surface area contributed by atoms with Crippen molar-refractivity contribution in [2.75, 3.05) is 49.7 Å². The van der Waals surface area contributed by atoms with Crippen LogP contribution in [0.4, 0.5) is 11.4 Å². The highest BCUT2D eigenvalue weighted by atomic mass is 16.5. The van der Waals surface area contributed by atoms with E-state index in [-0.39, 0.29) is 5.91 Å². The highest BCUT2D eigenvalue weighted by Gasteiger charge is 2.20. The maximum atomic E-state index is 12.1. The number of unbranched alkanes of at least 4 members (excludes halogenated alkanes) is 1. The average molecular weight is 350 g/mol. The van der Waals surface area contributed by atoms with Crippen molar-refractivity contribution in [3.05, 3.63) is 12.1 Å². The monoisotopic (exact) mass is 350 g/mol. The summed E-state index contributed by atoms with van der Waals surface area (Å²) in [5.41, 5.74) is 1.66. The van der Waals surface area contributed by atoms with E-state index >= 15 is 0 Å². The molecule has 0 saturated carbocycles. The van der Waals surface area contributed by atoms with Crippen LogP contribution in [0, 0.1) is 0 Å². The third kappa shape index (κ3) is 5.53. The number of nitrogens with one attached hydrogen (secondary N) is 1. The van der Waals surface area contributed by atoms with Crippen LogP contribution in [0.5, 0.6) is 11.5 Å². The fourth-order valence-electron chi connectivity index (χ4n) is 2.79. The van der Waals surface area contributed by atoms with Gasteiger partial charge in [0.15, 0.2) is 0 Å². The van der Waals surface area contributed by atoms with Crippen LogP contribution in [-0.4, -0.2) is 45.4 Å². The molecule has 2 rings (SSSR count). The van der Waals surface area contributed by atoms with Crippen molar-refractivity contribution in [3.63, 3.8) is 0 Å². The van der Waals surface area contributed by atoms with Crippen LogP contribution in [0.2, 0.25) is 0 Å². The first-order valence-corrected chi connectivity index (χ1v) is 9.25. The Labute approximate surface area is 150 Å². The van der Waals surface area contributed by atoms with Crippen LogP contribution in [0.15, 0.2) is 12.1 Å². The minimum atomic E-state index is 0.00405. The zero-order valence-corrected chi connectivity index (χ0v) is 15.6. The number of rotatable bonds is 9. The number of anilines is 2. The molecule has 1 fully saturated rings. The SMILES string of the molecule is CCCCC(=O)Nc1cc(OCC)c(N2CCOCC2)cc1OCC. The number of hydrogen-bond donors (Lipinski definition) is 1. The second-order valence-corrected chi connectivity index (χ2v) is 5.93. The van der Waals surface area contributed by atoms with E-state index in [1.807, 2.05) is 26.0 Å². The molecule has 1 N–H and O–H groups in total. The molecule has 0 aromatic heterocycles. The van der Waals surface area contributed by atoms with Gasteiger partial charge in [0.05, 0.1) is 37.8 Å². The first-order valence-electron chi connectivity index (χ1n) is 9.25. The van der Waals surface area contributed by atoms with Crippen LogP contribution in [0.1, 0.15) is 40.0 Å². The van der Waals surface area contributed by atoms with Crippen molar-refractivity contribution >= 4 is 17.3 Å². The molecule has 6 nitrogen and oxygen atoms in total. The van der Waals surface area contributed by atoms with Crippen molar-refractivity contribution in [3.8, 4) is 11.5 Å². The first-order chi connectivity index (χ1) is 12.2. The van der Waals surface area contributed by atoms with Crippen LogP contribution in [0.3, 0.4) is 0 Å². The third-order valence-corrected chi connectivity index (χ3v) is 4.04. The molecule has 0 bridgehead atoms. The van der Waals surface area contributed by atoms with E-state index in [0.717, 1.165) is 37.4 Å². The van der Waals surface area contributed by atoms with Crippen molar-refractivity contribution < 1.29 is 19.0 Å². The lowest BCUT2D eigenvalue weighted by atomic mass is 10.2. The molecule has 1 aromatic carbocycles. The number of carbonyl (C=O) groups excluding carboxylic acids is 1. The lowest BCUT2D eigenvalue weighted by Gasteiger charge is -2.31. The van der Waals surface area contributed by atoms with Gasteiger partial charge in [-0.05, 0) is 20.3 Å². The van der Waals surface area contributed by atoms with E-state index in [4.69, 9.17) is 14.2 Å². The second kappa shape index (κ2) is 10.1. The van der Waals surface area contributed by atoms with Gasteiger partial charge < -0.3 is 24.4 Å². The lowest BCUT2D eigenvalue weighted by molar-refractivity contribution is -0.116. The zero-order chi connectivity index (χ0) is 18.1. The largest absolute Gasteiger partial charge is 0.492 e. The number of nitrogens with zero attached hydrogens (tertiary/aromatic N) is 1. The molecule has 1 heterocycles. The molecule has 1 aromatic rings. The number of morpholine rings is 1. The van der Waals surface area contributed by atoms with Gasteiger partial charge in [-0.15, -0.1) is 0 Å². The third-order valence-electron chi connectivity index (χ3n) is 4.04. The van der Waals surface area contributed by atoms with Gasteiger partial charge in [-0.25, -0.2) is 0 Å². The minimum Gasteiger partial charge on any atom is -0.492 e. The Morgan fingerprint density at radius 2 is 1.80 bits per heavy atom. The number of benzene rings is 1. The van der Waals surface area contributed by atoms with E-state index in [1.54, 1.807) is 0 Å². The molecule has 6 heteroatoms. The number of hydrogen-bond acceptors (Lipinski definition) is 5. The summed E-state index contributed by atoms with van der Waals surface area (Å²) in [6, 6.07) is 3.85. The number of ether oxygens (including phenoxy) is 3. The van der Waals surface area contributed by atoms with Gasteiger partial charge in [-0.1, -0.05) is 13.3 Å². The number of amides is 1. The quantitative estimate of drug-likeness (QED) is 0.739. The van der Waals surface area contributed by atoms with Gasteiger partial charge >= 0.3 is 0 Å². The van der Waals surface area contributed by atoms with Crippen molar-refractivity contribution in [2.45, 2.75) is 40.0 Å². The molecule has 1 amide bonds. The van der Waals surface area contributed by atoms with Gasteiger partial charge in [0, 0.05) is 31.6 Å². The smallest absolute Gasteiger partial charge is 0.224 e. The fraction of sp³-hybridized carbons (Fsp3) is 0.632. The number of carbonyl (C=O) groups is 1. The summed E-state index contributed by atoms with van der Waals surface area (Å²) in [6.07, 6.45) is 2.38. The molecule has 1 aliphatic rings. The summed E-state index contributed by atoms with van der Waals surface area (Å²) in [6.45, 7) is 10.1. The van der Waals surface area contributed by atoms with E-state index in [0.29, 0.717) is 44.3 Å². The summed E-state index contributed by atoms with van der Waals surface area (Å²) in [4.78, 5) is 14.4. The van der Waals surface area contributed by atoms with Crippen LogP contribution < -0.4 is 19.7 Å². The second-order valence-electron chi connectivity index (χ2n) is 5.93. The molecular formula is C19H30N2O4. The molecule has 0 spiro atoms. The Balaban J connectivity index is 2.30. The van der Waals surface area contributed by atoms with Crippen LogP contribution >= 0.6 is 0 Å². The minimum absolute atomic E-state index is 0.00405. The van der Waals surface area contributed by atoms with Gasteiger partial charge in [0.25, 0.3) is 0 Å². The summed E-state index contributed by atoms with van der Waals surface area (Å²) < 4.78 is 17.1. The molecule has 0 radical (unpaired) electrons. The first kappa shape index (κ1) is 19.4. The molecule has 25 heavy (non-hydrogen) atoms. The fourth-order valence-corrected chi connectivity index (χ4v) is 2.79. The van der Waals surface area contributed by atoms with Crippen LogP contribution in [0.25, 0.3) is 0 Å². The molecule has 0 atom stereocenters. The normalized spacial score (nSPS) is 14.3. The lowest BCUT2D eigenvalue weighted by Crippen LogP contribution is -2.36. The maximum absolute atomic E-state index is 12.1. The molecule has 1 saturated heterocycles. The zero-order valence-electron chi connectivity index (χ0n) is 15.6. The predicted octanol–water partition coefficient (Wildman–Crippen LogP) is 3.45. The Kier molecular flexibility index (Phi) is 7.85. The van der Waals surface area contributed by atoms with Crippen molar-refractivity contribution in [1.82, 2.24) is 0 Å². The Morgan fingerprint density at radius 3 is 2.44 bits per heavy atom. The molecule has 140 valence electrons. The summed E-state index contributed by atoms with van der Waals surface area (Å²) in [5, 5.41) is 2.97. The highest BCUT2D eigenvalue weighted by molar-refractivity contribution is 5.93. The summed E-state index contributed by atoms with van der Waals surface area (Å²) in [7, 11) is 0. The molecule has 1 aliphatic heterocycles. The summed E-state index contributed by atoms with van der Waals surface area (Å²) >= 11 is 0. The molecular weight excluding hydrogens is 320 g/mol. The van der Waals surface area contributed by atoms with Gasteiger partial charge in [0.2, 0.25) is 5.91 Å². The Bertz CT molecular complexity index is 557. The van der Waals surface area contributed by atoms with E-state index in [2.05, 4.69) is 17.1 Å². The molecule has 0 aliphatic carbocycles. The predicted molar refractivity (Wildman–Crippen MR) is 100.0 cm³/mol. The van der Waals surface area contributed by atoms with Crippen molar-refractivity contribution in [1.29, 1.82) is 0 Å². The van der Waals surface area contributed by atoms with E-state index in [1.165, 1.54) is 0 Å². The topological polar surface area (TPSA) is 60.0 Å². The Hall–Kier alpha value is -1.95. The molecule has 0 unspecified atom stereocenters.